The van der Waals surface area contributed by atoms with Crippen molar-refractivity contribution in [2.75, 3.05) is 6.61 Å². The predicted molar refractivity (Wildman–Crippen MR) is 124 cm³/mol. The fraction of sp³-hybridized carbons (Fsp3) is 0.0417. The molecule has 0 aliphatic heterocycles. The van der Waals surface area contributed by atoms with E-state index in [1.54, 1.807) is 18.4 Å². The lowest BCUT2D eigenvalue weighted by Crippen LogP contribution is -2.20. The van der Waals surface area contributed by atoms with Gasteiger partial charge in [0.1, 0.15) is 12.4 Å². The van der Waals surface area contributed by atoms with Gasteiger partial charge in [0.2, 0.25) is 0 Å². The van der Waals surface area contributed by atoms with Crippen molar-refractivity contribution >= 4 is 33.0 Å². The Kier molecular flexibility index (Phi) is 5.86. The first-order chi connectivity index (χ1) is 14.7. The van der Waals surface area contributed by atoms with Crippen LogP contribution < -0.4 is 10.3 Å². The van der Waals surface area contributed by atoms with Crippen LogP contribution in [0.4, 0.5) is 0 Å². The van der Waals surface area contributed by atoms with Crippen LogP contribution in [0.25, 0.3) is 22.3 Å². The lowest BCUT2D eigenvalue weighted by Gasteiger charge is -2.10. The smallest absolute Gasteiger partial charge is 0.282 e. The largest absolute Gasteiger partial charge is 0.489 e. The van der Waals surface area contributed by atoms with Gasteiger partial charge in [0.25, 0.3) is 5.56 Å². The number of fused-ring (bicyclic) bond motifs is 1. The average molecular weight is 460 g/mol. The molecule has 4 aromatic rings. The van der Waals surface area contributed by atoms with Crippen molar-refractivity contribution in [2.45, 2.75) is 0 Å². The van der Waals surface area contributed by atoms with E-state index in [1.165, 1.54) is 4.68 Å². The summed E-state index contributed by atoms with van der Waals surface area (Å²) in [6, 6.07) is 22.4. The number of hydrogen-bond acceptors (Lipinski definition) is 4. The third-order valence-corrected chi connectivity index (χ3v) is 4.92. The van der Waals surface area contributed by atoms with Crippen molar-refractivity contribution in [1.82, 2.24) is 9.66 Å². The summed E-state index contributed by atoms with van der Waals surface area (Å²) in [5.74, 6) is 1.11. The van der Waals surface area contributed by atoms with E-state index in [-0.39, 0.29) is 5.56 Å². The third-order valence-electron chi connectivity index (χ3n) is 4.43. The summed E-state index contributed by atoms with van der Waals surface area (Å²) in [5.41, 5.74) is 1.92. The highest BCUT2D eigenvalue weighted by atomic mass is 79.9. The molecule has 6 heteroatoms. The van der Waals surface area contributed by atoms with Gasteiger partial charge < -0.3 is 4.74 Å². The minimum atomic E-state index is -0.237. The van der Waals surface area contributed by atoms with Crippen LogP contribution in [0.3, 0.4) is 0 Å². The molecule has 0 atom stereocenters. The molecule has 1 aromatic heterocycles. The van der Waals surface area contributed by atoms with Crippen LogP contribution >= 0.6 is 15.9 Å². The van der Waals surface area contributed by atoms with Gasteiger partial charge in [-0.05, 0) is 30.3 Å². The standard InChI is InChI=1S/C24H18BrN3O2/c1-2-14-30-22-13-12-19(25)15-18(22)16-26-28-23(17-8-4-3-5-9-17)27-21-11-7-6-10-20(21)24(28)29/h2-13,15-16H,1,14H2. The van der Waals surface area contributed by atoms with Crippen molar-refractivity contribution < 1.29 is 4.74 Å². The summed E-state index contributed by atoms with van der Waals surface area (Å²) in [7, 11) is 0. The number of halogens is 1. The molecule has 0 amide bonds. The Morgan fingerprint density at radius 1 is 1.07 bits per heavy atom. The maximum atomic E-state index is 13.2. The molecule has 0 radical (unpaired) electrons. The molecule has 0 saturated heterocycles. The quantitative estimate of drug-likeness (QED) is 0.291. The second-order valence-corrected chi connectivity index (χ2v) is 7.38. The summed E-state index contributed by atoms with van der Waals surface area (Å²) >= 11 is 3.47. The molecule has 0 saturated carbocycles. The van der Waals surface area contributed by atoms with E-state index in [9.17, 15) is 4.79 Å². The van der Waals surface area contributed by atoms with Gasteiger partial charge in [-0.25, -0.2) is 4.98 Å². The molecule has 0 aliphatic rings. The van der Waals surface area contributed by atoms with E-state index in [4.69, 9.17) is 9.72 Å². The van der Waals surface area contributed by atoms with Crippen molar-refractivity contribution in [3.63, 3.8) is 0 Å². The normalized spacial score (nSPS) is 11.1. The highest BCUT2D eigenvalue weighted by molar-refractivity contribution is 9.10. The molecule has 0 spiro atoms. The Hall–Kier alpha value is -3.51. The van der Waals surface area contributed by atoms with Gasteiger partial charge in [-0.3, -0.25) is 4.79 Å². The fourth-order valence-electron chi connectivity index (χ4n) is 3.03. The first-order valence-corrected chi connectivity index (χ1v) is 10.1. The number of benzene rings is 3. The average Bonchev–Trinajstić information content (AvgIpc) is 2.78. The van der Waals surface area contributed by atoms with E-state index in [0.29, 0.717) is 29.1 Å². The van der Waals surface area contributed by atoms with E-state index in [0.717, 1.165) is 15.6 Å². The Morgan fingerprint density at radius 2 is 1.83 bits per heavy atom. The maximum absolute atomic E-state index is 13.2. The summed E-state index contributed by atoms with van der Waals surface area (Å²) in [4.78, 5) is 17.9. The van der Waals surface area contributed by atoms with E-state index in [1.807, 2.05) is 66.7 Å². The van der Waals surface area contributed by atoms with Crippen molar-refractivity contribution in [1.29, 1.82) is 0 Å². The van der Waals surface area contributed by atoms with Crippen LogP contribution in [0.1, 0.15) is 5.56 Å². The molecule has 3 aromatic carbocycles. The fourth-order valence-corrected chi connectivity index (χ4v) is 3.40. The second-order valence-electron chi connectivity index (χ2n) is 6.46. The van der Waals surface area contributed by atoms with Gasteiger partial charge in [-0.2, -0.15) is 9.78 Å². The molecular weight excluding hydrogens is 442 g/mol. The predicted octanol–water partition coefficient (Wildman–Crippen LogP) is 5.27. The van der Waals surface area contributed by atoms with Gasteiger partial charge in [0.15, 0.2) is 5.82 Å². The van der Waals surface area contributed by atoms with Crippen LogP contribution in [-0.4, -0.2) is 22.5 Å². The Balaban J connectivity index is 1.89. The molecule has 148 valence electrons. The van der Waals surface area contributed by atoms with E-state index < -0.39 is 0 Å². The van der Waals surface area contributed by atoms with Crippen LogP contribution in [0.5, 0.6) is 5.75 Å². The number of rotatable bonds is 6. The summed E-state index contributed by atoms with van der Waals surface area (Å²) in [5, 5.41) is 5.01. The molecule has 30 heavy (non-hydrogen) atoms. The molecule has 4 rings (SSSR count). The highest BCUT2D eigenvalue weighted by Crippen LogP contribution is 2.23. The SMILES string of the molecule is C=CCOc1ccc(Br)cc1C=Nn1c(-c2ccccc2)nc2ccccc2c1=O. The van der Waals surface area contributed by atoms with E-state index in [2.05, 4.69) is 27.6 Å². The lowest BCUT2D eigenvalue weighted by atomic mass is 10.2. The van der Waals surface area contributed by atoms with Gasteiger partial charge in [0, 0.05) is 15.6 Å². The van der Waals surface area contributed by atoms with Crippen LogP contribution in [0, 0.1) is 0 Å². The number of nitrogens with zero attached hydrogens (tertiary/aromatic N) is 3. The van der Waals surface area contributed by atoms with Crippen molar-refractivity contribution in [3.8, 4) is 17.1 Å². The summed E-state index contributed by atoms with van der Waals surface area (Å²) in [6.07, 6.45) is 3.28. The highest BCUT2D eigenvalue weighted by Gasteiger charge is 2.12. The van der Waals surface area contributed by atoms with Crippen molar-refractivity contribution in [3.05, 3.63) is 106 Å². The maximum Gasteiger partial charge on any atom is 0.282 e. The van der Waals surface area contributed by atoms with Gasteiger partial charge in [0.05, 0.1) is 17.1 Å². The third kappa shape index (κ3) is 4.09. The zero-order chi connectivity index (χ0) is 20.9. The lowest BCUT2D eigenvalue weighted by molar-refractivity contribution is 0.362. The number of ether oxygens (including phenoxy) is 1. The van der Waals surface area contributed by atoms with Gasteiger partial charge in [-0.15, -0.1) is 0 Å². The van der Waals surface area contributed by atoms with Crippen LogP contribution in [0.15, 0.2) is 99.8 Å². The Bertz CT molecular complexity index is 1300. The molecular formula is C24H18BrN3O2. The number of hydrogen-bond donors (Lipinski definition) is 0. The topological polar surface area (TPSA) is 56.5 Å². The first kappa shape index (κ1) is 19.8. The molecule has 1 heterocycles. The van der Waals surface area contributed by atoms with E-state index >= 15 is 0 Å². The molecule has 5 nitrogen and oxygen atoms in total. The number of aromatic nitrogens is 2. The molecule has 0 aliphatic carbocycles. The Labute approximate surface area is 182 Å². The zero-order valence-corrected chi connectivity index (χ0v) is 17.6. The monoisotopic (exact) mass is 459 g/mol. The zero-order valence-electron chi connectivity index (χ0n) is 16.0. The van der Waals surface area contributed by atoms with Crippen LogP contribution in [0.2, 0.25) is 0 Å². The first-order valence-electron chi connectivity index (χ1n) is 9.32. The number of para-hydroxylation sites is 1. The van der Waals surface area contributed by atoms with Crippen molar-refractivity contribution in [2.24, 2.45) is 5.10 Å². The van der Waals surface area contributed by atoms with Crippen LogP contribution in [-0.2, 0) is 0 Å². The van der Waals surface area contributed by atoms with Gasteiger partial charge in [-0.1, -0.05) is 71.0 Å². The molecule has 0 fully saturated rings. The second kappa shape index (κ2) is 8.88. The minimum absolute atomic E-state index is 0.237. The molecule has 0 N–H and O–H groups in total. The van der Waals surface area contributed by atoms with Gasteiger partial charge >= 0.3 is 0 Å². The molecule has 0 bridgehead atoms. The minimum Gasteiger partial charge on any atom is -0.489 e. The molecule has 0 unspecified atom stereocenters. The Morgan fingerprint density at radius 3 is 2.63 bits per heavy atom. The summed E-state index contributed by atoms with van der Waals surface area (Å²) < 4.78 is 7.92. The summed E-state index contributed by atoms with van der Waals surface area (Å²) in [6.45, 7) is 4.05.